The maximum Gasteiger partial charge on any atom is 0.136 e. The fourth-order valence-corrected chi connectivity index (χ4v) is 10.2. The molecule has 0 spiro atoms. The van der Waals surface area contributed by atoms with Crippen LogP contribution in [0.3, 0.4) is 0 Å². The van der Waals surface area contributed by atoms with Gasteiger partial charge >= 0.3 is 0 Å². The van der Waals surface area contributed by atoms with Crippen molar-refractivity contribution in [2.45, 2.75) is 0 Å². The van der Waals surface area contributed by atoms with Crippen LogP contribution in [-0.4, -0.2) is 4.57 Å². The molecule has 2 heterocycles. The predicted molar refractivity (Wildman–Crippen MR) is 290 cm³/mol. The van der Waals surface area contributed by atoms with Crippen molar-refractivity contribution in [3.8, 4) is 61.3 Å². The van der Waals surface area contributed by atoms with Crippen LogP contribution in [0.2, 0.25) is 0 Å². The van der Waals surface area contributed by atoms with Crippen molar-refractivity contribution < 1.29 is 4.42 Å². The lowest BCUT2D eigenvalue weighted by Crippen LogP contribution is -2.11. The van der Waals surface area contributed by atoms with E-state index in [1.807, 2.05) is 12.1 Å². The fourth-order valence-electron chi connectivity index (χ4n) is 10.2. The topological polar surface area (TPSA) is 21.3 Å². The predicted octanol–water partition coefficient (Wildman–Crippen LogP) is 18.5. The van der Waals surface area contributed by atoms with Crippen molar-refractivity contribution >= 4 is 60.8 Å². The number of benzene rings is 11. The Bertz CT molecular complexity index is 3940. The minimum Gasteiger partial charge on any atom is -0.456 e. The molecule has 0 saturated carbocycles. The molecule has 0 aliphatic rings. The quantitative estimate of drug-likeness (QED) is 0.144. The molecule has 0 saturated heterocycles. The highest BCUT2D eigenvalue weighted by molar-refractivity contribution is 6.09. The summed E-state index contributed by atoms with van der Waals surface area (Å²) in [4.78, 5) is 2.39. The van der Waals surface area contributed by atoms with E-state index in [0.29, 0.717) is 0 Å². The van der Waals surface area contributed by atoms with Gasteiger partial charge in [0.15, 0.2) is 0 Å². The van der Waals surface area contributed by atoms with Crippen molar-refractivity contribution in [2.24, 2.45) is 0 Å². The molecular formula is C66H44N2O. The summed E-state index contributed by atoms with van der Waals surface area (Å²) >= 11 is 0. The van der Waals surface area contributed by atoms with Gasteiger partial charge in [0, 0.05) is 44.2 Å². The van der Waals surface area contributed by atoms with Gasteiger partial charge in [-0.15, -0.1) is 0 Å². The van der Waals surface area contributed by atoms with Gasteiger partial charge in [-0.2, -0.15) is 0 Å². The van der Waals surface area contributed by atoms with Crippen molar-refractivity contribution in [1.29, 1.82) is 0 Å². The monoisotopic (exact) mass is 880 g/mol. The van der Waals surface area contributed by atoms with Gasteiger partial charge in [-0.05, 0) is 123 Å². The highest BCUT2D eigenvalue weighted by Crippen LogP contribution is 2.43. The van der Waals surface area contributed by atoms with Crippen LogP contribution in [-0.2, 0) is 0 Å². The second-order valence-corrected chi connectivity index (χ2v) is 17.7. The molecule has 11 aromatic carbocycles. The third-order valence-corrected chi connectivity index (χ3v) is 13.6. The first-order chi connectivity index (χ1) is 34.2. The number of nitrogens with zero attached hydrogens (tertiary/aromatic N) is 2. The van der Waals surface area contributed by atoms with Crippen molar-refractivity contribution in [3.05, 3.63) is 267 Å². The maximum absolute atomic E-state index is 6.25. The fraction of sp³-hybridized carbons (Fsp3) is 0. The van der Waals surface area contributed by atoms with E-state index in [9.17, 15) is 0 Å². The van der Waals surface area contributed by atoms with Gasteiger partial charge in [-0.3, -0.25) is 0 Å². The Labute approximate surface area is 401 Å². The van der Waals surface area contributed by atoms with E-state index in [1.165, 1.54) is 49.6 Å². The standard InChI is InChI=1S/C66H44N2O/c1-2-14-45(15-3-1)51-16-12-18-55(42-51)67(62-24-8-4-20-57(62)50-34-32-49(33-35-50)53-38-41-61-60-23-7-11-27-65(60)69-66(61)44-53)54-39-36-47(37-40-54)46-28-30-48(31-29-46)52-17-13-19-56(43-52)68-63-25-9-5-21-58(63)59-22-6-10-26-64(59)68/h1-44H. The van der Waals surface area contributed by atoms with Gasteiger partial charge < -0.3 is 13.9 Å². The molecule has 0 amide bonds. The van der Waals surface area contributed by atoms with E-state index in [2.05, 4.69) is 264 Å². The van der Waals surface area contributed by atoms with Crippen LogP contribution in [0.1, 0.15) is 0 Å². The smallest absolute Gasteiger partial charge is 0.136 e. The molecule has 0 bridgehead atoms. The highest BCUT2D eigenvalue weighted by Gasteiger charge is 2.19. The molecule has 0 unspecified atom stereocenters. The molecule has 0 aliphatic carbocycles. The molecule has 69 heavy (non-hydrogen) atoms. The largest absolute Gasteiger partial charge is 0.456 e. The average molecular weight is 881 g/mol. The van der Waals surface area contributed by atoms with Crippen LogP contribution in [0, 0.1) is 0 Å². The number of rotatable bonds is 9. The average Bonchev–Trinajstić information content (AvgIpc) is 3.97. The minimum absolute atomic E-state index is 0.900. The summed E-state index contributed by atoms with van der Waals surface area (Å²) in [6.45, 7) is 0. The molecule has 13 rings (SSSR count). The molecule has 3 nitrogen and oxygen atoms in total. The molecule has 324 valence electrons. The number of para-hydroxylation sites is 4. The number of aromatic nitrogens is 1. The first-order valence-electron chi connectivity index (χ1n) is 23.6. The lowest BCUT2D eigenvalue weighted by Gasteiger charge is -2.28. The van der Waals surface area contributed by atoms with Crippen LogP contribution < -0.4 is 4.90 Å². The molecule has 3 heteroatoms. The summed E-state index contributed by atoms with van der Waals surface area (Å²) in [6.07, 6.45) is 0. The zero-order valence-corrected chi connectivity index (χ0v) is 37.7. The van der Waals surface area contributed by atoms with Gasteiger partial charge in [-0.1, -0.05) is 194 Å². The van der Waals surface area contributed by atoms with E-state index < -0.39 is 0 Å². The van der Waals surface area contributed by atoms with Crippen molar-refractivity contribution in [1.82, 2.24) is 4.57 Å². The van der Waals surface area contributed by atoms with Gasteiger partial charge in [0.25, 0.3) is 0 Å². The molecule has 0 atom stereocenters. The lowest BCUT2D eigenvalue weighted by atomic mass is 9.97. The first-order valence-corrected chi connectivity index (χ1v) is 23.6. The number of fused-ring (bicyclic) bond motifs is 6. The summed E-state index contributed by atoms with van der Waals surface area (Å²) in [6, 6.07) is 96.1. The van der Waals surface area contributed by atoms with Crippen LogP contribution in [0.15, 0.2) is 271 Å². The third-order valence-electron chi connectivity index (χ3n) is 13.6. The highest BCUT2D eigenvalue weighted by atomic mass is 16.3. The Morgan fingerprint density at radius 2 is 0.754 bits per heavy atom. The minimum atomic E-state index is 0.900. The molecule has 0 fully saturated rings. The molecular weight excluding hydrogens is 837 g/mol. The summed E-state index contributed by atoms with van der Waals surface area (Å²) in [5.41, 5.74) is 20.2. The molecule has 13 aromatic rings. The Balaban J connectivity index is 0.834. The lowest BCUT2D eigenvalue weighted by molar-refractivity contribution is 0.669. The SMILES string of the molecule is c1ccc(-c2cccc(N(c3ccc(-c4ccc(-c5cccc(-n6c7ccccc7c7ccccc76)c5)cc4)cc3)c3ccccc3-c3ccc(-c4ccc5c(c4)oc4ccccc45)cc3)c2)cc1. The van der Waals surface area contributed by atoms with E-state index in [4.69, 9.17) is 4.42 Å². The van der Waals surface area contributed by atoms with Crippen LogP contribution in [0.5, 0.6) is 0 Å². The van der Waals surface area contributed by atoms with Crippen LogP contribution in [0.25, 0.3) is 105 Å². The number of furan rings is 1. The Morgan fingerprint density at radius 3 is 1.46 bits per heavy atom. The zero-order chi connectivity index (χ0) is 45.7. The summed E-state index contributed by atoms with van der Waals surface area (Å²) in [7, 11) is 0. The number of hydrogen-bond acceptors (Lipinski definition) is 2. The number of anilines is 3. The van der Waals surface area contributed by atoms with E-state index in [-0.39, 0.29) is 0 Å². The molecule has 0 N–H and O–H groups in total. The number of hydrogen-bond donors (Lipinski definition) is 0. The van der Waals surface area contributed by atoms with E-state index >= 15 is 0 Å². The zero-order valence-electron chi connectivity index (χ0n) is 37.7. The second-order valence-electron chi connectivity index (χ2n) is 17.7. The van der Waals surface area contributed by atoms with Gasteiger partial charge in [0.05, 0.1) is 16.7 Å². The van der Waals surface area contributed by atoms with Crippen molar-refractivity contribution in [3.63, 3.8) is 0 Å². The van der Waals surface area contributed by atoms with Crippen LogP contribution in [0.4, 0.5) is 17.1 Å². The van der Waals surface area contributed by atoms with Crippen molar-refractivity contribution in [2.75, 3.05) is 4.90 Å². The maximum atomic E-state index is 6.25. The normalized spacial score (nSPS) is 11.5. The summed E-state index contributed by atoms with van der Waals surface area (Å²) in [5.74, 6) is 0. The third kappa shape index (κ3) is 7.25. The van der Waals surface area contributed by atoms with Gasteiger partial charge in [0.1, 0.15) is 11.2 Å². The van der Waals surface area contributed by atoms with Gasteiger partial charge in [-0.25, -0.2) is 0 Å². The summed E-state index contributed by atoms with van der Waals surface area (Å²) < 4.78 is 8.63. The van der Waals surface area contributed by atoms with E-state index in [1.54, 1.807) is 0 Å². The molecule has 2 aromatic heterocycles. The van der Waals surface area contributed by atoms with E-state index in [0.717, 1.165) is 72.5 Å². The van der Waals surface area contributed by atoms with Gasteiger partial charge in [0.2, 0.25) is 0 Å². The first kappa shape index (κ1) is 40.1. The Hall–Kier alpha value is -9.18. The molecule has 0 aliphatic heterocycles. The summed E-state index contributed by atoms with van der Waals surface area (Å²) in [5, 5.41) is 4.81. The Morgan fingerprint density at radius 1 is 0.275 bits per heavy atom. The van der Waals surface area contributed by atoms with Crippen LogP contribution >= 0.6 is 0 Å². The Kier molecular flexibility index (Phi) is 9.84. The second kappa shape index (κ2) is 16.9. The molecule has 0 radical (unpaired) electrons.